The van der Waals surface area contributed by atoms with Gasteiger partial charge in [-0.15, -0.1) is 0 Å². The molecule has 13 heteroatoms. The number of imidazole rings is 1. The molecular weight excluding hydrogens is 417 g/mol. The lowest BCUT2D eigenvalue weighted by Gasteiger charge is -2.18. The van der Waals surface area contributed by atoms with Gasteiger partial charge >= 0.3 is 12.1 Å². The van der Waals surface area contributed by atoms with Gasteiger partial charge in [-0.05, 0) is 12.1 Å². The van der Waals surface area contributed by atoms with Gasteiger partial charge in [0.25, 0.3) is 0 Å². The molecule has 2 aromatic rings. The molecule has 0 saturated carbocycles. The van der Waals surface area contributed by atoms with Crippen LogP contribution in [-0.4, -0.2) is 59.5 Å². The average molecular weight is 438 g/mol. The van der Waals surface area contributed by atoms with Crippen molar-refractivity contribution in [1.29, 1.82) is 0 Å². The minimum absolute atomic E-state index is 0.282. The zero-order valence-corrected chi connectivity index (χ0v) is 16.3. The Morgan fingerprint density at radius 3 is 2.59 bits per heavy atom. The zero-order valence-electron chi connectivity index (χ0n) is 15.5. The van der Waals surface area contributed by atoms with E-state index in [1.165, 1.54) is 0 Å². The van der Waals surface area contributed by atoms with Crippen molar-refractivity contribution in [2.24, 2.45) is 0 Å². The molecule has 1 aliphatic rings. The van der Waals surface area contributed by atoms with E-state index in [1.807, 2.05) is 12.1 Å². The van der Waals surface area contributed by atoms with Crippen LogP contribution >= 0.6 is 0 Å². The fourth-order valence-electron chi connectivity index (χ4n) is 2.66. The van der Waals surface area contributed by atoms with Gasteiger partial charge < -0.3 is 14.1 Å². The topological polar surface area (TPSA) is 118 Å². The molecule has 162 valence electrons. The molecular formula is C16H21F3N4O5S. The molecule has 0 saturated heterocycles. The first-order chi connectivity index (χ1) is 13.5. The van der Waals surface area contributed by atoms with Crippen molar-refractivity contribution in [1.82, 2.24) is 19.2 Å². The molecule has 0 spiro atoms. The second-order valence-electron chi connectivity index (χ2n) is 6.32. The lowest BCUT2D eigenvalue weighted by Crippen LogP contribution is -2.27. The molecule has 29 heavy (non-hydrogen) atoms. The number of rotatable bonds is 5. The summed E-state index contributed by atoms with van der Waals surface area (Å²) >= 11 is 0. The highest BCUT2D eigenvalue weighted by Gasteiger charge is 2.38. The lowest BCUT2D eigenvalue weighted by molar-refractivity contribution is -0.192. The van der Waals surface area contributed by atoms with E-state index >= 15 is 0 Å². The summed E-state index contributed by atoms with van der Waals surface area (Å²) in [6.45, 7) is 3.67. The molecule has 0 atom stereocenters. The van der Waals surface area contributed by atoms with E-state index in [1.54, 1.807) is 12.5 Å². The SMILES string of the molecule is CS(=O)(=O)NCc1cnc2n1CCN(Cc1ccco1)CC2.O=C(O)C(F)(F)F. The van der Waals surface area contributed by atoms with Crippen LogP contribution in [0, 0.1) is 0 Å². The first kappa shape index (κ1) is 22.9. The molecule has 0 radical (unpaired) electrons. The van der Waals surface area contributed by atoms with E-state index in [9.17, 15) is 21.6 Å². The van der Waals surface area contributed by atoms with Crippen molar-refractivity contribution in [3.05, 3.63) is 41.9 Å². The molecule has 0 unspecified atom stereocenters. The number of halogens is 3. The number of carboxylic acids is 1. The highest BCUT2D eigenvalue weighted by Crippen LogP contribution is 2.14. The number of aliphatic carboxylic acids is 1. The van der Waals surface area contributed by atoms with Crippen molar-refractivity contribution >= 4 is 16.0 Å². The highest BCUT2D eigenvalue weighted by molar-refractivity contribution is 7.88. The molecule has 2 aromatic heterocycles. The predicted molar refractivity (Wildman–Crippen MR) is 95.3 cm³/mol. The second-order valence-corrected chi connectivity index (χ2v) is 8.15. The van der Waals surface area contributed by atoms with E-state index in [-0.39, 0.29) is 6.54 Å². The number of sulfonamides is 1. The summed E-state index contributed by atoms with van der Waals surface area (Å²) < 4.78 is 64.2. The van der Waals surface area contributed by atoms with Crippen LogP contribution < -0.4 is 4.72 Å². The monoisotopic (exact) mass is 438 g/mol. The average Bonchev–Trinajstić information content (AvgIpc) is 3.19. The Morgan fingerprint density at radius 1 is 1.34 bits per heavy atom. The largest absolute Gasteiger partial charge is 0.490 e. The number of alkyl halides is 3. The molecule has 0 bridgehead atoms. The van der Waals surface area contributed by atoms with E-state index in [4.69, 9.17) is 14.3 Å². The summed E-state index contributed by atoms with van der Waals surface area (Å²) in [5.41, 5.74) is 0.903. The molecule has 0 aromatic carbocycles. The van der Waals surface area contributed by atoms with Crippen LogP contribution in [0.3, 0.4) is 0 Å². The van der Waals surface area contributed by atoms with Gasteiger partial charge in [-0.3, -0.25) is 4.90 Å². The van der Waals surface area contributed by atoms with Crippen LogP contribution in [0.1, 0.15) is 17.3 Å². The first-order valence-corrected chi connectivity index (χ1v) is 10.4. The number of hydrogen-bond donors (Lipinski definition) is 2. The first-order valence-electron chi connectivity index (χ1n) is 8.48. The number of hydrogen-bond acceptors (Lipinski definition) is 6. The fraction of sp³-hybridized carbons (Fsp3) is 0.500. The minimum Gasteiger partial charge on any atom is -0.475 e. The van der Waals surface area contributed by atoms with Crippen molar-refractivity contribution in [2.45, 2.75) is 32.2 Å². The number of carboxylic acid groups (broad SMARTS) is 1. The van der Waals surface area contributed by atoms with Crippen LogP contribution in [0.5, 0.6) is 0 Å². The number of nitrogens with one attached hydrogen (secondary N) is 1. The van der Waals surface area contributed by atoms with Crippen molar-refractivity contribution in [3.8, 4) is 0 Å². The van der Waals surface area contributed by atoms with Crippen molar-refractivity contribution in [3.63, 3.8) is 0 Å². The Hall–Kier alpha value is -2.38. The number of fused-ring (bicyclic) bond motifs is 1. The Kier molecular flexibility index (Phi) is 7.43. The van der Waals surface area contributed by atoms with Crippen LogP contribution in [0.2, 0.25) is 0 Å². The number of carbonyl (C=O) groups is 1. The van der Waals surface area contributed by atoms with E-state index in [2.05, 4.69) is 19.2 Å². The Bertz CT molecular complexity index is 910. The van der Waals surface area contributed by atoms with Crippen LogP contribution in [0.25, 0.3) is 0 Å². The third-order valence-corrected chi connectivity index (χ3v) is 4.70. The van der Waals surface area contributed by atoms with Gasteiger partial charge in [0.15, 0.2) is 0 Å². The summed E-state index contributed by atoms with van der Waals surface area (Å²) in [6, 6.07) is 3.87. The van der Waals surface area contributed by atoms with Gasteiger partial charge in [-0.25, -0.2) is 22.9 Å². The van der Waals surface area contributed by atoms with Gasteiger partial charge in [0.05, 0.1) is 31.3 Å². The maximum atomic E-state index is 11.2. The third-order valence-electron chi connectivity index (χ3n) is 4.03. The maximum Gasteiger partial charge on any atom is 0.490 e. The number of nitrogens with zero attached hydrogens (tertiary/aromatic N) is 3. The second kappa shape index (κ2) is 9.41. The number of furan rings is 1. The molecule has 2 N–H and O–H groups in total. The van der Waals surface area contributed by atoms with E-state index in [0.29, 0.717) is 0 Å². The van der Waals surface area contributed by atoms with E-state index < -0.39 is 22.2 Å². The minimum atomic E-state index is -5.08. The van der Waals surface area contributed by atoms with Gasteiger partial charge in [-0.1, -0.05) is 0 Å². The third kappa shape index (κ3) is 7.51. The quantitative estimate of drug-likeness (QED) is 0.721. The lowest BCUT2D eigenvalue weighted by atomic mass is 10.3. The number of aromatic nitrogens is 2. The summed E-state index contributed by atoms with van der Waals surface area (Å²) in [5, 5.41) is 7.12. The molecule has 9 nitrogen and oxygen atoms in total. The van der Waals surface area contributed by atoms with Gasteiger partial charge in [0.2, 0.25) is 10.0 Å². The summed E-state index contributed by atoms with van der Waals surface area (Å²) in [4.78, 5) is 15.6. The molecule has 0 fully saturated rings. The summed E-state index contributed by atoms with van der Waals surface area (Å²) in [5.74, 6) is -0.793. The summed E-state index contributed by atoms with van der Waals surface area (Å²) in [6.07, 6.45) is 0.375. The Labute approximate surface area is 165 Å². The fourth-order valence-corrected chi connectivity index (χ4v) is 3.07. The Morgan fingerprint density at radius 2 is 2.03 bits per heavy atom. The smallest absolute Gasteiger partial charge is 0.475 e. The van der Waals surface area contributed by atoms with Gasteiger partial charge in [0.1, 0.15) is 11.6 Å². The predicted octanol–water partition coefficient (Wildman–Crippen LogP) is 1.22. The van der Waals surface area contributed by atoms with Gasteiger partial charge in [-0.2, -0.15) is 13.2 Å². The summed E-state index contributed by atoms with van der Waals surface area (Å²) in [7, 11) is -3.19. The normalized spacial score (nSPS) is 15.2. The highest BCUT2D eigenvalue weighted by atomic mass is 32.2. The Balaban J connectivity index is 0.000000370. The van der Waals surface area contributed by atoms with Crippen LogP contribution in [-0.2, 0) is 40.9 Å². The van der Waals surface area contributed by atoms with E-state index in [0.717, 1.165) is 56.1 Å². The molecule has 0 aliphatic carbocycles. The molecule has 1 aliphatic heterocycles. The van der Waals surface area contributed by atoms with Crippen LogP contribution in [0.15, 0.2) is 29.0 Å². The van der Waals surface area contributed by atoms with Gasteiger partial charge in [0, 0.05) is 32.3 Å². The maximum absolute atomic E-state index is 11.2. The van der Waals surface area contributed by atoms with Crippen molar-refractivity contribution in [2.75, 3.05) is 19.3 Å². The molecule has 0 amide bonds. The van der Waals surface area contributed by atoms with Crippen LogP contribution in [0.4, 0.5) is 13.2 Å². The van der Waals surface area contributed by atoms with Crippen molar-refractivity contribution < 1.29 is 35.9 Å². The molecule has 3 rings (SSSR count). The molecule has 3 heterocycles. The zero-order chi connectivity index (χ0) is 21.7. The standard InChI is InChI=1S/C14H20N4O3S.C2HF3O2/c1-22(19,20)16-10-12-9-15-14-4-5-17(6-7-18(12)14)11-13-3-2-8-21-13;3-2(4,5)1(6)7/h2-3,8-9,16H,4-7,10-11H2,1H3;(H,6,7).